The van der Waals surface area contributed by atoms with Crippen molar-refractivity contribution in [3.63, 3.8) is 0 Å². The van der Waals surface area contributed by atoms with E-state index in [4.69, 9.17) is 0 Å². The molecule has 0 bridgehead atoms. The van der Waals surface area contributed by atoms with Crippen molar-refractivity contribution in [3.8, 4) is 11.1 Å². The highest BCUT2D eigenvalue weighted by Crippen LogP contribution is 2.27. The Hall–Kier alpha value is -2.84. The minimum Gasteiger partial charge on any atom is -0.349 e. The van der Waals surface area contributed by atoms with Gasteiger partial charge in [0, 0.05) is 30.8 Å². The number of nitrogens with zero attached hydrogens (tertiary/aromatic N) is 2. The maximum Gasteiger partial charge on any atom is 0.223 e. The minimum absolute atomic E-state index is 0.0254. The number of aromatic nitrogens is 2. The molecule has 1 aliphatic carbocycles. The molecule has 3 aromatic rings. The molecule has 1 heterocycles. The number of halogens is 1. The van der Waals surface area contributed by atoms with Gasteiger partial charge in [-0.1, -0.05) is 24.3 Å². The lowest BCUT2D eigenvalue weighted by atomic mass is 9.85. The fourth-order valence-corrected chi connectivity index (χ4v) is 5.26. The highest BCUT2D eigenvalue weighted by atomic mass is 32.2. The summed E-state index contributed by atoms with van der Waals surface area (Å²) in [5, 5.41) is 7.22. The SMILES string of the molecule is C[C@@H](NC(=O)C1CCC(NS(=O)c2ccc(-c3cnn(C)c3)cc2)CC1)c1ccc(F)cc1. The lowest BCUT2D eigenvalue weighted by Gasteiger charge is -2.29. The predicted octanol–water partition coefficient (Wildman–Crippen LogP) is 4.27. The third kappa shape index (κ3) is 5.94. The van der Waals surface area contributed by atoms with Gasteiger partial charge in [0.2, 0.25) is 5.91 Å². The molecule has 0 aliphatic heterocycles. The van der Waals surface area contributed by atoms with Gasteiger partial charge in [-0.2, -0.15) is 5.10 Å². The molecular weight excluding hydrogens is 439 g/mol. The molecule has 33 heavy (non-hydrogen) atoms. The molecule has 4 rings (SSSR count). The zero-order chi connectivity index (χ0) is 23.4. The molecule has 0 radical (unpaired) electrons. The van der Waals surface area contributed by atoms with Crippen LogP contribution in [0.15, 0.2) is 65.8 Å². The van der Waals surface area contributed by atoms with E-state index in [1.54, 1.807) is 23.0 Å². The van der Waals surface area contributed by atoms with Crippen molar-refractivity contribution in [1.82, 2.24) is 19.8 Å². The number of benzene rings is 2. The summed E-state index contributed by atoms with van der Waals surface area (Å²) in [7, 11) is 0.576. The maximum absolute atomic E-state index is 13.1. The first-order chi connectivity index (χ1) is 15.9. The average molecular weight is 469 g/mol. The van der Waals surface area contributed by atoms with Crippen LogP contribution in [-0.4, -0.2) is 25.9 Å². The number of carbonyl (C=O) groups is 1. The second kappa shape index (κ2) is 10.4. The van der Waals surface area contributed by atoms with E-state index in [1.807, 2.05) is 44.4 Å². The van der Waals surface area contributed by atoms with Gasteiger partial charge in [-0.25, -0.2) is 13.3 Å². The van der Waals surface area contributed by atoms with Crippen LogP contribution in [0.3, 0.4) is 0 Å². The van der Waals surface area contributed by atoms with Crippen LogP contribution < -0.4 is 10.0 Å². The molecule has 2 atom stereocenters. The summed E-state index contributed by atoms with van der Waals surface area (Å²) >= 11 is 0. The van der Waals surface area contributed by atoms with Gasteiger partial charge in [0.1, 0.15) is 16.8 Å². The zero-order valence-electron chi connectivity index (χ0n) is 18.8. The van der Waals surface area contributed by atoms with E-state index in [0.29, 0.717) is 0 Å². The predicted molar refractivity (Wildman–Crippen MR) is 127 cm³/mol. The number of carbonyl (C=O) groups excluding carboxylic acids is 1. The Balaban J connectivity index is 1.25. The number of hydrogen-bond acceptors (Lipinski definition) is 3. The third-order valence-corrected chi connectivity index (χ3v) is 7.45. The number of hydrogen-bond donors (Lipinski definition) is 2. The number of rotatable bonds is 7. The van der Waals surface area contributed by atoms with Crippen molar-refractivity contribution >= 4 is 16.9 Å². The summed E-state index contributed by atoms with van der Waals surface area (Å²) in [6.45, 7) is 1.90. The van der Waals surface area contributed by atoms with Gasteiger partial charge in [0.25, 0.3) is 0 Å². The van der Waals surface area contributed by atoms with Gasteiger partial charge in [-0.3, -0.25) is 9.48 Å². The summed E-state index contributed by atoms with van der Waals surface area (Å²) in [6, 6.07) is 13.8. The lowest BCUT2D eigenvalue weighted by Crippen LogP contribution is -2.39. The molecule has 1 aliphatic rings. The quantitative estimate of drug-likeness (QED) is 0.544. The van der Waals surface area contributed by atoms with Gasteiger partial charge < -0.3 is 5.32 Å². The molecule has 1 amide bonds. The first-order valence-corrected chi connectivity index (χ1v) is 12.4. The second-order valence-electron chi connectivity index (χ2n) is 8.64. The van der Waals surface area contributed by atoms with E-state index >= 15 is 0 Å². The molecule has 0 saturated heterocycles. The smallest absolute Gasteiger partial charge is 0.223 e. The Labute approximate surface area is 196 Å². The Morgan fingerprint density at radius 3 is 2.33 bits per heavy atom. The zero-order valence-corrected chi connectivity index (χ0v) is 19.6. The van der Waals surface area contributed by atoms with Gasteiger partial charge in [-0.05, 0) is 68.0 Å². The topological polar surface area (TPSA) is 76.0 Å². The van der Waals surface area contributed by atoms with Crippen LogP contribution in [0.1, 0.15) is 44.2 Å². The minimum atomic E-state index is -1.30. The molecule has 0 spiro atoms. The number of amides is 1. The highest BCUT2D eigenvalue weighted by Gasteiger charge is 2.28. The summed E-state index contributed by atoms with van der Waals surface area (Å²) in [6.07, 6.45) is 6.83. The van der Waals surface area contributed by atoms with Crippen LogP contribution in [0.2, 0.25) is 0 Å². The summed E-state index contributed by atoms with van der Waals surface area (Å²) in [5.74, 6) is -0.319. The molecule has 2 aromatic carbocycles. The number of aryl methyl sites for hydroxylation is 1. The van der Waals surface area contributed by atoms with E-state index in [2.05, 4.69) is 15.1 Å². The van der Waals surface area contributed by atoms with Crippen molar-refractivity contribution < 1.29 is 13.4 Å². The molecule has 1 saturated carbocycles. The van der Waals surface area contributed by atoms with E-state index in [1.165, 1.54) is 12.1 Å². The summed E-state index contributed by atoms with van der Waals surface area (Å²) in [5.41, 5.74) is 2.93. The van der Waals surface area contributed by atoms with Crippen molar-refractivity contribution in [2.24, 2.45) is 13.0 Å². The van der Waals surface area contributed by atoms with E-state index < -0.39 is 11.0 Å². The molecule has 8 heteroatoms. The van der Waals surface area contributed by atoms with Crippen molar-refractivity contribution in [1.29, 1.82) is 0 Å². The van der Waals surface area contributed by atoms with Crippen molar-refractivity contribution in [2.45, 2.75) is 49.6 Å². The van der Waals surface area contributed by atoms with Crippen LogP contribution in [0.4, 0.5) is 4.39 Å². The Morgan fingerprint density at radius 1 is 1.06 bits per heavy atom. The van der Waals surface area contributed by atoms with Gasteiger partial charge in [0.05, 0.1) is 17.1 Å². The van der Waals surface area contributed by atoms with Crippen LogP contribution >= 0.6 is 0 Å². The first kappa shape index (κ1) is 23.3. The van der Waals surface area contributed by atoms with Crippen LogP contribution in [0.5, 0.6) is 0 Å². The Morgan fingerprint density at radius 2 is 1.73 bits per heavy atom. The first-order valence-electron chi connectivity index (χ1n) is 11.2. The van der Waals surface area contributed by atoms with Crippen LogP contribution in [0, 0.1) is 11.7 Å². The summed E-state index contributed by atoms with van der Waals surface area (Å²) < 4.78 is 30.9. The van der Waals surface area contributed by atoms with Crippen molar-refractivity contribution in [3.05, 3.63) is 72.3 Å². The van der Waals surface area contributed by atoms with Crippen LogP contribution in [-0.2, 0) is 22.8 Å². The largest absolute Gasteiger partial charge is 0.349 e. The van der Waals surface area contributed by atoms with Crippen molar-refractivity contribution in [2.75, 3.05) is 0 Å². The molecule has 174 valence electrons. The van der Waals surface area contributed by atoms with E-state index in [0.717, 1.165) is 47.3 Å². The third-order valence-electron chi connectivity index (χ3n) is 6.21. The van der Waals surface area contributed by atoms with Gasteiger partial charge >= 0.3 is 0 Å². The normalized spacial score (nSPS) is 20.2. The van der Waals surface area contributed by atoms with Gasteiger partial charge in [0.15, 0.2) is 0 Å². The molecule has 2 N–H and O–H groups in total. The van der Waals surface area contributed by atoms with Gasteiger partial charge in [-0.15, -0.1) is 0 Å². The Bertz CT molecular complexity index is 1110. The molecule has 1 unspecified atom stereocenters. The van der Waals surface area contributed by atoms with E-state index in [-0.39, 0.29) is 29.7 Å². The lowest BCUT2D eigenvalue weighted by molar-refractivity contribution is -0.126. The molecule has 6 nitrogen and oxygen atoms in total. The molecular formula is C25H29FN4O2S. The monoisotopic (exact) mass is 468 g/mol. The highest BCUT2D eigenvalue weighted by molar-refractivity contribution is 7.83. The average Bonchev–Trinajstić information content (AvgIpc) is 3.26. The van der Waals surface area contributed by atoms with Crippen LogP contribution in [0.25, 0.3) is 11.1 Å². The fraction of sp³-hybridized carbons (Fsp3) is 0.360. The maximum atomic E-state index is 13.1. The molecule has 1 aromatic heterocycles. The Kier molecular flexibility index (Phi) is 7.35. The number of nitrogens with one attached hydrogen (secondary N) is 2. The second-order valence-corrected chi connectivity index (χ2v) is 9.89. The summed E-state index contributed by atoms with van der Waals surface area (Å²) in [4.78, 5) is 13.4. The molecule has 1 fully saturated rings. The standard InChI is InChI=1S/C25H29FN4O2S/c1-17(18-3-9-22(26)10-4-18)28-25(31)20-5-11-23(12-6-20)29-33(32)24-13-7-19(8-14-24)21-15-27-30(2)16-21/h3-4,7-10,13-17,20,23,29H,5-6,11-12H2,1-2H3,(H,28,31)/t17-,20?,23?,33?/m1/s1. The fourth-order valence-electron chi connectivity index (χ4n) is 4.20. The van der Waals surface area contributed by atoms with E-state index in [9.17, 15) is 13.4 Å².